The molecule has 1 aliphatic heterocycles. The molecule has 0 fully saturated rings. The van der Waals surface area contributed by atoms with Gasteiger partial charge in [-0.2, -0.15) is 5.10 Å². The molecule has 1 aliphatic rings. The molecule has 23 heavy (non-hydrogen) atoms. The smallest absolute Gasteiger partial charge is 0.226 e. The number of rotatable bonds is 3. The predicted molar refractivity (Wildman–Crippen MR) is 81.5 cm³/mol. The highest BCUT2D eigenvalue weighted by atomic mass is 19.1. The molecule has 0 unspecified atom stereocenters. The summed E-state index contributed by atoms with van der Waals surface area (Å²) < 4.78 is 20.2. The van der Waals surface area contributed by atoms with E-state index in [2.05, 4.69) is 10.4 Å². The molecule has 116 valence electrons. The SMILES string of the molecule is O=C1C[C@@H](c2ccc(F)cc2)c2cnn(Cc3ccco3)c2N1. The summed E-state index contributed by atoms with van der Waals surface area (Å²) in [6.45, 7) is 0.443. The van der Waals surface area contributed by atoms with Gasteiger partial charge in [-0.15, -0.1) is 0 Å². The maximum atomic E-state index is 13.1. The number of carbonyl (C=O) groups is 1. The summed E-state index contributed by atoms with van der Waals surface area (Å²) in [7, 11) is 0. The normalized spacial score (nSPS) is 16.9. The lowest BCUT2D eigenvalue weighted by Crippen LogP contribution is -2.25. The minimum absolute atomic E-state index is 0.0759. The molecule has 3 aromatic rings. The Kier molecular flexibility index (Phi) is 3.22. The first-order chi connectivity index (χ1) is 11.2. The maximum Gasteiger partial charge on any atom is 0.226 e. The fourth-order valence-electron chi connectivity index (χ4n) is 2.93. The van der Waals surface area contributed by atoms with E-state index in [1.165, 1.54) is 12.1 Å². The number of amides is 1. The minimum atomic E-state index is -0.289. The summed E-state index contributed by atoms with van der Waals surface area (Å²) in [5.74, 6) is 0.946. The van der Waals surface area contributed by atoms with Gasteiger partial charge in [0.05, 0.1) is 12.5 Å². The quantitative estimate of drug-likeness (QED) is 0.808. The largest absolute Gasteiger partial charge is 0.467 e. The lowest BCUT2D eigenvalue weighted by molar-refractivity contribution is -0.116. The van der Waals surface area contributed by atoms with Crippen LogP contribution in [0.25, 0.3) is 0 Å². The van der Waals surface area contributed by atoms with Crippen molar-refractivity contribution in [2.24, 2.45) is 0 Å². The fraction of sp³-hybridized carbons (Fsp3) is 0.176. The van der Waals surface area contributed by atoms with Gasteiger partial charge in [0.25, 0.3) is 0 Å². The second-order valence-corrected chi connectivity index (χ2v) is 5.54. The van der Waals surface area contributed by atoms with E-state index < -0.39 is 0 Å². The number of halogens is 1. The van der Waals surface area contributed by atoms with E-state index in [1.54, 1.807) is 29.3 Å². The van der Waals surface area contributed by atoms with Crippen LogP contribution in [0.1, 0.15) is 29.2 Å². The molecular weight excluding hydrogens is 297 g/mol. The van der Waals surface area contributed by atoms with E-state index in [0.717, 1.165) is 16.9 Å². The standard InChI is InChI=1S/C17H14FN3O2/c18-12-5-3-11(4-6-12)14-8-16(22)20-17-15(14)9-19-21(17)10-13-2-1-7-23-13/h1-7,9,14H,8,10H2,(H,20,22)/t14-/m0/s1. The molecule has 0 aliphatic carbocycles. The van der Waals surface area contributed by atoms with Crippen molar-refractivity contribution in [2.75, 3.05) is 5.32 Å². The van der Waals surface area contributed by atoms with Crippen molar-refractivity contribution in [3.05, 3.63) is 71.6 Å². The summed E-state index contributed by atoms with van der Waals surface area (Å²) in [6.07, 6.45) is 3.68. The van der Waals surface area contributed by atoms with E-state index in [9.17, 15) is 9.18 Å². The molecule has 6 heteroatoms. The average Bonchev–Trinajstić information content (AvgIpc) is 3.18. The molecule has 5 nitrogen and oxygen atoms in total. The van der Waals surface area contributed by atoms with Crippen molar-refractivity contribution in [1.29, 1.82) is 0 Å². The van der Waals surface area contributed by atoms with E-state index >= 15 is 0 Å². The Morgan fingerprint density at radius 1 is 1.30 bits per heavy atom. The van der Waals surface area contributed by atoms with Gasteiger partial charge in [0.2, 0.25) is 5.91 Å². The van der Waals surface area contributed by atoms with Gasteiger partial charge in [-0.1, -0.05) is 12.1 Å². The minimum Gasteiger partial charge on any atom is -0.467 e. The van der Waals surface area contributed by atoms with Crippen molar-refractivity contribution in [3.8, 4) is 0 Å². The molecule has 3 heterocycles. The molecule has 1 aromatic carbocycles. The van der Waals surface area contributed by atoms with Crippen LogP contribution in [0.3, 0.4) is 0 Å². The van der Waals surface area contributed by atoms with Crippen LogP contribution < -0.4 is 5.32 Å². The number of hydrogen-bond donors (Lipinski definition) is 1. The zero-order valence-electron chi connectivity index (χ0n) is 12.2. The Bertz CT molecular complexity index is 837. The molecular formula is C17H14FN3O2. The Hall–Kier alpha value is -2.89. The van der Waals surface area contributed by atoms with Crippen LogP contribution in [0, 0.1) is 5.82 Å². The van der Waals surface area contributed by atoms with Crippen molar-refractivity contribution in [2.45, 2.75) is 18.9 Å². The lowest BCUT2D eigenvalue weighted by atomic mass is 9.87. The van der Waals surface area contributed by atoms with Crippen LogP contribution in [0.4, 0.5) is 10.2 Å². The topological polar surface area (TPSA) is 60.1 Å². The van der Waals surface area contributed by atoms with Crippen LogP contribution in [0.15, 0.2) is 53.3 Å². The Labute approximate surface area is 131 Å². The second-order valence-electron chi connectivity index (χ2n) is 5.54. The van der Waals surface area contributed by atoms with Gasteiger partial charge in [0.1, 0.15) is 23.9 Å². The van der Waals surface area contributed by atoms with Crippen molar-refractivity contribution in [1.82, 2.24) is 9.78 Å². The van der Waals surface area contributed by atoms with Crippen LogP contribution in [-0.2, 0) is 11.3 Å². The monoisotopic (exact) mass is 311 g/mol. The first kappa shape index (κ1) is 13.8. The number of benzene rings is 1. The number of fused-ring (bicyclic) bond motifs is 1. The zero-order chi connectivity index (χ0) is 15.8. The molecule has 0 radical (unpaired) electrons. The first-order valence-corrected chi connectivity index (χ1v) is 7.34. The van der Waals surface area contributed by atoms with E-state index in [0.29, 0.717) is 18.8 Å². The summed E-state index contributed by atoms with van der Waals surface area (Å²) in [5, 5.41) is 7.25. The van der Waals surface area contributed by atoms with Crippen molar-refractivity contribution >= 4 is 11.7 Å². The van der Waals surface area contributed by atoms with Gasteiger partial charge in [-0.05, 0) is 29.8 Å². The summed E-state index contributed by atoms with van der Waals surface area (Å²) in [4.78, 5) is 12.1. The number of hydrogen-bond acceptors (Lipinski definition) is 3. The molecule has 0 bridgehead atoms. The van der Waals surface area contributed by atoms with Crippen molar-refractivity contribution in [3.63, 3.8) is 0 Å². The van der Waals surface area contributed by atoms with Crippen LogP contribution in [0.5, 0.6) is 0 Å². The molecule has 2 aromatic heterocycles. The predicted octanol–water partition coefficient (Wildman–Crippen LogP) is 3.14. The number of nitrogens with zero attached hydrogens (tertiary/aromatic N) is 2. The van der Waals surface area contributed by atoms with Gasteiger partial charge in [0.15, 0.2) is 0 Å². The molecule has 0 spiro atoms. The Morgan fingerprint density at radius 3 is 2.87 bits per heavy atom. The highest BCUT2D eigenvalue weighted by molar-refractivity contribution is 5.94. The number of carbonyl (C=O) groups excluding carboxylic acids is 1. The molecule has 4 rings (SSSR count). The third-order valence-corrected chi connectivity index (χ3v) is 4.05. The molecule has 1 N–H and O–H groups in total. The van der Waals surface area contributed by atoms with Crippen molar-refractivity contribution < 1.29 is 13.6 Å². The Morgan fingerprint density at radius 2 is 2.13 bits per heavy atom. The van der Waals surface area contributed by atoms with E-state index in [4.69, 9.17) is 4.42 Å². The highest BCUT2D eigenvalue weighted by Gasteiger charge is 2.30. The van der Waals surface area contributed by atoms with Crippen LogP contribution in [-0.4, -0.2) is 15.7 Å². The third-order valence-electron chi connectivity index (χ3n) is 4.05. The second kappa shape index (κ2) is 5.39. The number of nitrogens with one attached hydrogen (secondary N) is 1. The summed E-state index contributed by atoms with van der Waals surface area (Å²) >= 11 is 0. The Balaban J connectivity index is 1.72. The van der Waals surface area contributed by atoms with Gasteiger partial charge in [-0.25, -0.2) is 9.07 Å². The third kappa shape index (κ3) is 2.52. The van der Waals surface area contributed by atoms with E-state index in [-0.39, 0.29) is 17.6 Å². The zero-order valence-corrected chi connectivity index (χ0v) is 12.2. The fourth-order valence-corrected chi connectivity index (χ4v) is 2.93. The maximum absolute atomic E-state index is 13.1. The van der Waals surface area contributed by atoms with Gasteiger partial charge < -0.3 is 9.73 Å². The van der Waals surface area contributed by atoms with Gasteiger partial charge in [0, 0.05) is 17.9 Å². The summed E-state index contributed by atoms with van der Waals surface area (Å²) in [5.41, 5.74) is 1.84. The van der Waals surface area contributed by atoms with Crippen LogP contribution in [0.2, 0.25) is 0 Å². The first-order valence-electron chi connectivity index (χ1n) is 7.34. The van der Waals surface area contributed by atoms with E-state index in [1.807, 2.05) is 12.1 Å². The van der Waals surface area contributed by atoms with Gasteiger partial charge >= 0.3 is 0 Å². The van der Waals surface area contributed by atoms with Crippen LogP contribution >= 0.6 is 0 Å². The number of aromatic nitrogens is 2. The number of furan rings is 1. The summed E-state index contributed by atoms with van der Waals surface area (Å²) in [6, 6.07) is 9.92. The average molecular weight is 311 g/mol. The molecule has 0 saturated heterocycles. The lowest BCUT2D eigenvalue weighted by Gasteiger charge is -2.23. The highest BCUT2D eigenvalue weighted by Crippen LogP contribution is 2.37. The number of anilines is 1. The molecule has 1 amide bonds. The molecule has 1 atom stereocenters. The van der Waals surface area contributed by atoms with Gasteiger partial charge in [-0.3, -0.25) is 4.79 Å². The molecule has 0 saturated carbocycles.